The van der Waals surface area contributed by atoms with Gasteiger partial charge in [0.05, 0.1) is 11.2 Å². The fourth-order valence-corrected chi connectivity index (χ4v) is 2.47. The highest BCUT2D eigenvalue weighted by Gasteiger charge is 2.15. The quantitative estimate of drug-likeness (QED) is 0.901. The van der Waals surface area contributed by atoms with E-state index in [9.17, 15) is 0 Å². The van der Waals surface area contributed by atoms with Gasteiger partial charge in [0.1, 0.15) is 0 Å². The Kier molecular flexibility index (Phi) is 4.48. The SMILES string of the molecule is CCn1nc(CC(C)CNC(C)(C)C)c2ccccc21. The predicted octanol–water partition coefficient (Wildman–Crippen LogP) is 3.62. The molecule has 3 nitrogen and oxygen atoms in total. The second-order valence-electron chi connectivity index (χ2n) is 6.72. The van der Waals surface area contributed by atoms with E-state index < -0.39 is 0 Å². The molecule has 1 aromatic carbocycles. The first-order chi connectivity index (χ1) is 9.40. The third-order valence-electron chi connectivity index (χ3n) is 3.56. The van der Waals surface area contributed by atoms with E-state index in [-0.39, 0.29) is 5.54 Å². The number of rotatable bonds is 5. The maximum atomic E-state index is 4.78. The van der Waals surface area contributed by atoms with Crippen molar-refractivity contribution in [3.8, 4) is 0 Å². The Morgan fingerprint density at radius 1 is 1.25 bits per heavy atom. The molecule has 20 heavy (non-hydrogen) atoms. The van der Waals surface area contributed by atoms with E-state index in [1.54, 1.807) is 0 Å². The van der Waals surface area contributed by atoms with Crippen molar-refractivity contribution < 1.29 is 0 Å². The minimum absolute atomic E-state index is 0.180. The van der Waals surface area contributed by atoms with Crippen molar-refractivity contribution in [1.82, 2.24) is 15.1 Å². The monoisotopic (exact) mass is 273 g/mol. The molecular formula is C17H27N3. The fourth-order valence-electron chi connectivity index (χ4n) is 2.47. The standard InChI is InChI=1S/C17H27N3/c1-6-20-16-10-8-7-9-14(16)15(19-20)11-13(2)12-18-17(3,4)5/h7-10,13,18H,6,11-12H2,1-5H3. The Balaban J connectivity index is 2.13. The molecule has 0 bridgehead atoms. The molecule has 0 radical (unpaired) electrons. The normalized spacial score (nSPS) is 13.8. The van der Waals surface area contributed by atoms with Crippen molar-refractivity contribution in [2.45, 2.75) is 53.1 Å². The molecule has 1 unspecified atom stereocenters. The third-order valence-corrected chi connectivity index (χ3v) is 3.56. The van der Waals surface area contributed by atoms with Crippen molar-refractivity contribution in [2.24, 2.45) is 5.92 Å². The number of hydrogen-bond donors (Lipinski definition) is 1. The van der Waals surface area contributed by atoms with Crippen LogP contribution in [0.3, 0.4) is 0 Å². The zero-order valence-electron chi connectivity index (χ0n) is 13.4. The number of benzene rings is 1. The summed E-state index contributed by atoms with van der Waals surface area (Å²) in [4.78, 5) is 0. The maximum absolute atomic E-state index is 4.78. The highest BCUT2D eigenvalue weighted by Crippen LogP contribution is 2.21. The summed E-state index contributed by atoms with van der Waals surface area (Å²) in [6.45, 7) is 13.0. The van der Waals surface area contributed by atoms with E-state index in [0.717, 1.165) is 19.5 Å². The molecule has 0 spiro atoms. The number of aromatic nitrogens is 2. The third kappa shape index (κ3) is 3.60. The topological polar surface area (TPSA) is 29.9 Å². The van der Waals surface area contributed by atoms with Crippen molar-refractivity contribution in [3.63, 3.8) is 0 Å². The minimum atomic E-state index is 0.180. The lowest BCUT2D eigenvalue weighted by Gasteiger charge is -2.23. The Hall–Kier alpha value is -1.35. The second-order valence-corrected chi connectivity index (χ2v) is 6.72. The van der Waals surface area contributed by atoms with Crippen LogP contribution >= 0.6 is 0 Å². The summed E-state index contributed by atoms with van der Waals surface area (Å²) in [5.41, 5.74) is 2.66. The largest absolute Gasteiger partial charge is 0.312 e. The van der Waals surface area contributed by atoms with Gasteiger partial charge >= 0.3 is 0 Å². The fraction of sp³-hybridized carbons (Fsp3) is 0.588. The molecule has 1 N–H and O–H groups in total. The van der Waals surface area contributed by atoms with Gasteiger partial charge in [-0.05, 0) is 52.6 Å². The van der Waals surface area contributed by atoms with Gasteiger partial charge in [0, 0.05) is 17.5 Å². The Morgan fingerprint density at radius 3 is 2.60 bits per heavy atom. The van der Waals surface area contributed by atoms with Crippen molar-refractivity contribution in [3.05, 3.63) is 30.0 Å². The molecule has 2 aromatic rings. The summed E-state index contributed by atoms with van der Waals surface area (Å²) in [6.07, 6.45) is 1.02. The Morgan fingerprint density at radius 2 is 1.95 bits per heavy atom. The van der Waals surface area contributed by atoms with Crippen molar-refractivity contribution in [1.29, 1.82) is 0 Å². The lowest BCUT2D eigenvalue weighted by atomic mass is 10.0. The Labute approximate surface area is 122 Å². The smallest absolute Gasteiger partial charge is 0.0706 e. The molecule has 0 amide bonds. The van der Waals surface area contributed by atoms with E-state index >= 15 is 0 Å². The molecule has 0 saturated heterocycles. The molecule has 3 heteroatoms. The average molecular weight is 273 g/mol. The number of aryl methyl sites for hydroxylation is 1. The first kappa shape index (κ1) is 15.0. The molecule has 0 saturated carbocycles. The van der Waals surface area contributed by atoms with Gasteiger partial charge in [-0.3, -0.25) is 4.68 Å². The van der Waals surface area contributed by atoms with E-state index in [4.69, 9.17) is 5.10 Å². The highest BCUT2D eigenvalue weighted by atomic mass is 15.3. The van der Waals surface area contributed by atoms with Crippen LogP contribution in [0.2, 0.25) is 0 Å². The molecule has 1 atom stereocenters. The molecule has 110 valence electrons. The van der Waals surface area contributed by atoms with Gasteiger partial charge in [0.15, 0.2) is 0 Å². The number of hydrogen-bond acceptors (Lipinski definition) is 2. The van der Waals surface area contributed by atoms with Gasteiger partial charge in [0.2, 0.25) is 0 Å². The lowest BCUT2D eigenvalue weighted by Crippen LogP contribution is -2.39. The zero-order valence-corrected chi connectivity index (χ0v) is 13.4. The van der Waals surface area contributed by atoms with Gasteiger partial charge in [-0.25, -0.2) is 0 Å². The van der Waals surface area contributed by atoms with Crippen LogP contribution in [-0.4, -0.2) is 21.9 Å². The van der Waals surface area contributed by atoms with E-state index in [2.05, 4.69) is 68.9 Å². The first-order valence-electron chi connectivity index (χ1n) is 7.60. The summed E-state index contributed by atoms with van der Waals surface area (Å²) in [6, 6.07) is 8.54. The molecule has 0 fully saturated rings. The van der Waals surface area contributed by atoms with Crippen LogP contribution in [0.4, 0.5) is 0 Å². The van der Waals surface area contributed by atoms with Gasteiger partial charge in [-0.15, -0.1) is 0 Å². The van der Waals surface area contributed by atoms with Crippen LogP contribution in [0.5, 0.6) is 0 Å². The summed E-state index contributed by atoms with van der Waals surface area (Å²) in [5, 5.41) is 9.66. The van der Waals surface area contributed by atoms with Crippen LogP contribution in [0.25, 0.3) is 10.9 Å². The van der Waals surface area contributed by atoms with Crippen LogP contribution in [0, 0.1) is 5.92 Å². The van der Waals surface area contributed by atoms with Gasteiger partial charge in [-0.2, -0.15) is 5.10 Å². The summed E-state index contributed by atoms with van der Waals surface area (Å²) < 4.78 is 2.11. The van der Waals surface area contributed by atoms with Crippen molar-refractivity contribution >= 4 is 10.9 Å². The molecule has 0 aliphatic heterocycles. The van der Waals surface area contributed by atoms with Gasteiger partial charge in [0.25, 0.3) is 0 Å². The molecule has 1 heterocycles. The van der Waals surface area contributed by atoms with Crippen LogP contribution in [0.1, 0.15) is 40.3 Å². The first-order valence-corrected chi connectivity index (χ1v) is 7.60. The molecular weight excluding hydrogens is 246 g/mol. The highest BCUT2D eigenvalue weighted by molar-refractivity contribution is 5.81. The van der Waals surface area contributed by atoms with Crippen LogP contribution in [0.15, 0.2) is 24.3 Å². The second kappa shape index (κ2) is 5.96. The van der Waals surface area contributed by atoms with Crippen LogP contribution in [-0.2, 0) is 13.0 Å². The molecule has 0 aliphatic rings. The number of fused-ring (bicyclic) bond motifs is 1. The van der Waals surface area contributed by atoms with Crippen LogP contribution < -0.4 is 5.32 Å². The summed E-state index contributed by atoms with van der Waals surface area (Å²) in [5.74, 6) is 0.581. The minimum Gasteiger partial charge on any atom is -0.312 e. The van der Waals surface area contributed by atoms with E-state index in [0.29, 0.717) is 5.92 Å². The van der Waals surface area contributed by atoms with Crippen molar-refractivity contribution in [2.75, 3.05) is 6.54 Å². The lowest BCUT2D eigenvalue weighted by molar-refractivity contribution is 0.380. The van der Waals surface area contributed by atoms with Gasteiger partial charge in [-0.1, -0.05) is 25.1 Å². The average Bonchev–Trinajstić information content (AvgIpc) is 2.74. The number of para-hydroxylation sites is 1. The van der Waals surface area contributed by atoms with Gasteiger partial charge < -0.3 is 5.32 Å². The summed E-state index contributed by atoms with van der Waals surface area (Å²) >= 11 is 0. The molecule has 0 aliphatic carbocycles. The Bertz CT molecular complexity index is 563. The van der Waals surface area contributed by atoms with E-state index in [1.807, 2.05) is 0 Å². The molecule has 1 aromatic heterocycles. The summed E-state index contributed by atoms with van der Waals surface area (Å²) in [7, 11) is 0. The van der Waals surface area contributed by atoms with E-state index in [1.165, 1.54) is 16.6 Å². The number of nitrogens with one attached hydrogen (secondary N) is 1. The maximum Gasteiger partial charge on any atom is 0.0706 e. The molecule has 2 rings (SSSR count). The predicted molar refractivity (Wildman–Crippen MR) is 86.0 cm³/mol. The number of nitrogens with zero attached hydrogens (tertiary/aromatic N) is 2. The zero-order chi connectivity index (χ0) is 14.8.